The Morgan fingerprint density at radius 3 is 2.62 bits per heavy atom. The molecule has 3 N–H and O–H groups in total. The summed E-state index contributed by atoms with van der Waals surface area (Å²) >= 11 is 0. The summed E-state index contributed by atoms with van der Waals surface area (Å²) in [4.78, 5) is 14.0. The summed E-state index contributed by atoms with van der Waals surface area (Å²) in [5.41, 5.74) is 7.37. The molecule has 4 nitrogen and oxygen atoms in total. The number of hydrogen-bond donors (Lipinski definition) is 2. The quantitative estimate of drug-likeness (QED) is 0.735. The zero-order chi connectivity index (χ0) is 15.9. The molecule has 0 bridgehead atoms. The number of benzene rings is 1. The largest absolute Gasteiger partial charge is 0.372 e. The first-order valence-electron chi connectivity index (χ1n) is 7.79. The van der Waals surface area contributed by atoms with Crippen molar-refractivity contribution in [3.05, 3.63) is 29.8 Å². The monoisotopic (exact) mass is 291 g/mol. The summed E-state index contributed by atoms with van der Waals surface area (Å²) < 4.78 is 0. The van der Waals surface area contributed by atoms with Gasteiger partial charge in [-0.25, -0.2) is 0 Å². The number of primary amides is 1. The molecule has 21 heavy (non-hydrogen) atoms. The topological polar surface area (TPSA) is 58.4 Å². The minimum Gasteiger partial charge on any atom is -0.372 e. The molecule has 118 valence electrons. The van der Waals surface area contributed by atoms with E-state index in [9.17, 15) is 4.79 Å². The second kappa shape index (κ2) is 8.03. The summed E-state index contributed by atoms with van der Waals surface area (Å²) in [6.07, 6.45) is 1.68. The van der Waals surface area contributed by atoms with Gasteiger partial charge in [-0.2, -0.15) is 0 Å². The van der Waals surface area contributed by atoms with Crippen LogP contribution in [0.15, 0.2) is 24.3 Å². The molecular formula is C17H29N3O. The predicted octanol–water partition coefficient (Wildman–Crippen LogP) is 2.46. The second-order valence-corrected chi connectivity index (χ2v) is 5.79. The summed E-state index contributed by atoms with van der Waals surface area (Å²) in [7, 11) is 0. The molecule has 1 rings (SSSR count). The molecule has 0 aliphatic rings. The molecule has 0 saturated carbocycles. The van der Waals surface area contributed by atoms with Crippen LogP contribution in [-0.4, -0.2) is 31.1 Å². The van der Waals surface area contributed by atoms with Gasteiger partial charge in [0.15, 0.2) is 0 Å². The van der Waals surface area contributed by atoms with Crippen LogP contribution in [0.5, 0.6) is 0 Å². The molecule has 1 aromatic carbocycles. The van der Waals surface area contributed by atoms with Gasteiger partial charge in [-0.3, -0.25) is 4.79 Å². The number of amides is 1. The molecule has 0 aromatic heterocycles. The SMILES string of the molecule is CCCNC(C)(CCN(CC)c1cccc(C)c1)C(N)=O. The van der Waals surface area contributed by atoms with E-state index in [1.165, 1.54) is 11.3 Å². The number of carbonyl (C=O) groups is 1. The van der Waals surface area contributed by atoms with Crippen LogP contribution in [0.3, 0.4) is 0 Å². The first kappa shape index (κ1) is 17.5. The lowest BCUT2D eigenvalue weighted by atomic mass is 9.96. The van der Waals surface area contributed by atoms with Crippen LogP contribution in [-0.2, 0) is 4.79 Å². The van der Waals surface area contributed by atoms with Crippen molar-refractivity contribution < 1.29 is 4.79 Å². The Labute approximate surface area is 128 Å². The molecule has 0 fully saturated rings. The maximum absolute atomic E-state index is 11.8. The van der Waals surface area contributed by atoms with Crippen molar-refractivity contribution in [1.29, 1.82) is 0 Å². The molecule has 1 aromatic rings. The first-order valence-corrected chi connectivity index (χ1v) is 7.79. The van der Waals surface area contributed by atoms with Gasteiger partial charge in [0.1, 0.15) is 0 Å². The molecule has 0 saturated heterocycles. The van der Waals surface area contributed by atoms with Gasteiger partial charge in [0.25, 0.3) is 0 Å². The Morgan fingerprint density at radius 2 is 2.10 bits per heavy atom. The molecule has 4 heteroatoms. The van der Waals surface area contributed by atoms with E-state index in [0.29, 0.717) is 6.42 Å². The maximum atomic E-state index is 11.8. The summed E-state index contributed by atoms with van der Waals surface area (Å²) in [5, 5.41) is 3.29. The number of hydrogen-bond acceptors (Lipinski definition) is 3. The van der Waals surface area contributed by atoms with Gasteiger partial charge >= 0.3 is 0 Å². The number of nitrogens with two attached hydrogens (primary N) is 1. The molecule has 1 unspecified atom stereocenters. The van der Waals surface area contributed by atoms with Crippen molar-refractivity contribution in [3.63, 3.8) is 0 Å². The third-order valence-electron chi connectivity index (χ3n) is 3.94. The van der Waals surface area contributed by atoms with Gasteiger partial charge in [0.05, 0.1) is 5.54 Å². The van der Waals surface area contributed by atoms with Crippen molar-refractivity contribution >= 4 is 11.6 Å². The number of carbonyl (C=O) groups excluding carboxylic acids is 1. The lowest BCUT2D eigenvalue weighted by Crippen LogP contribution is -2.54. The second-order valence-electron chi connectivity index (χ2n) is 5.79. The van der Waals surface area contributed by atoms with Crippen LogP contribution in [0, 0.1) is 6.92 Å². The normalized spacial score (nSPS) is 13.7. The Bertz CT molecular complexity index is 461. The molecule has 1 atom stereocenters. The minimum atomic E-state index is -0.646. The summed E-state index contributed by atoms with van der Waals surface area (Å²) in [5.74, 6) is -0.281. The highest BCUT2D eigenvalue weighted by atomic mass is 16.1. The minimum absolute atomic E-state index is 0.281. The van der Waals surface area contributed by atoms with Crippen molar-refractivity contribution in [2.75, 3.05) is 24.5 Å². The van der Waals surface area contributed by atoms with Gasteiger partial charge in [0.2, 0.25) is 5.91 Å². The highest BCUT2D eigenvalue weighted by Crippen LogP contribution is 2.18. The fourth-order valence-electron chi connectivity index (χ4n) is 2.35. The number of nitrogens with one attached hydrogen (secondary N) is 1. The number of rotatable bonds is 9. The van der Waals surface area contributed by atoms with Crippen LogP contribution >= 0.6 is 0 Å². The highest BCUT2D eigenvalue weighted by molar-refractivity contribution is 5.84. The number of aryl methyl sites for hydroxylation is 1. The fourth-order valence-corrected chi connectivity index (χ4v) is 2.35. The summed E-state index contributed by atoms with van der Waals surface area (Å²) in [6, 6.07) is 8.44. The van der Waals surface area contributed by atoms with E-state index in [1.54, 1.807) is 0 Å². The van der Waals surface area contributed by atoms with Crippen LogP contribution in [0.1, 0.15) is 39.2 Å². The standard InChI is InChI=1S/C17H29N3O/c1-5-11-19-17(4,16(18)21)10-12-20(6-2)15-9-7-8-14(3)13-15/h7-9,13,19H,5-6,10-12H2,1-4H3,(H2,18,21). The fraction of sp³-hybridized carbons (Fsp3) is 0.588. The van der Waals surface area contributed by atoms with E-state index >= 15 is 0 Å². The van der Waals surface area contributed by atoms with E-state index in [2.05, 4.69) is 55.3 Å². The molecule has 0 aliphatic carbocycles. The average molecular weight is 291 g/mol. The molecule has 1 amide bonds. The average Bonchev–Trinajstić information content (AvgIpc) is 2.45. The van der Waals surface area contributed by atoms with Crippen molar-refractivity contribution in [2.45, 2.75) is 46.1 Å². The zero-order valence-electron chi connectivity index (χ0n) is 13.8. The van der Waals surface area contributed by atoms with Gasteiger partial charge in [-0.05, 0) is 57.9 Å². The molecule has 0 radical (unpaired) electrons. The van der Waals surface area contributed by atoms with Crippen molar-refractivity contribution in [2.24, 2.45) is 5.73 Å². The van der Waals surface area contributed by atoms with E-state index in [-0.39, 0.29) is 5.91 Å². The Hall–Kier alpha value is -1.55. The van der Waals surface area contributed by atoms with Gasteiger partial charge in [0, 0.05) is 18.8 Å². The first-order chi connectivity index (χ1) is 9.92. The van der Waals surface area contributed by atoms with Gasteiger partial charge in [-0.1, -0.05) is 19.1 Å². The predicted molar refractivity (Wildman–Crippen MR) is 89.6 cm³/mol. The van der Waals surface area contributed by atoms with Crippen LogP contribution in [0.25, 0.3) is 0 Å². The van der Waals surface area contributed by atoms with E-state index in [4.69, 9.17) is 5.73 Å². The Morgan fingerprint density at radius 1 is 1.38 bits per heavy atom. The smallest absolute Gasteiger partial charge is 0.237 e. The Balaban J connectivity index is 2.74. The van der Waals surface area contributed by atoms with Crippen LogP contribution < -0.4 is 16.0 Å². The molecule has 0 aliphatic heterocycles. The van der Waals surface area contributed by atoms with Crippen molar-refractivity contribution in [1.82, 2.24) is 5.32 Å². The Kier molecular flexibility index (Phi) is 6.69. The highest BCUT2D eigenvalue weighted by Gasteiger charge is 2.30. The summed E-state index contributed by atoms with van der Waals surface area (Å²) in [6.45, 7) is 10.7. The lowest BCUT2D eigenvalue weighted by Gasteiger charge is -2.31. The zero-order valence-corrected chi connectivity index (χ0v) is 13.8. The molecule has 0 heterocycles. The van der Waals surface area contributed by atoms with Crippen molar-refractivity contribution in [3.8, 4) is 0 Å². The molecular weight excluding hydrogens is 262 g/mol. The number of anilines is 1. The molecule has 0 spiro atoms. The van der Waals surface area contributed by atoms with Gasteiger partial charge < -0.3 is 16.0 Å². The number of nitrogens with zero attached hydrogens (tertiary/aromatic N) is 1. The maximum Gasteiger partial charge on any atom is 0.237 e. The third-order valence-corrected chi connectivity index (χ3v) is 3.94. The third kappa shape index (κ3) is 5.05. The van der Waals surface area contributed by atoms with Gasteiger partial charge in [-0.15, -0.1) is 0 Å². The van der Waals surface area contributed by atoms with E-state index < -0.39 is 5.54 Å². The van der Waals surface area contributed by atoms with E-state index in [1.807, 2.05) is 6.92 Å². The van der Waals surface area contributed by atoms with E-state index in [0.717, 1.165) is 26.1 Å². The lowest BCUT2D eigenvalue weighted by molar-refractivity contribution is -0.124. The van der Waals surface area contributed by atoms with Crippen LogP contribution in [0.4, 0.5) is 5.69 Å². The van der Waals surface area contributed by atoms with Crippen LogP contribution in [0.2, 0.25) is 0 Å².